The number of pyridine rings is 1. The molecular formula is C25H27N7. The molecule has 4 heterocycles. The van der Waals surface area contributed by atoms with E-state index < -0.39 is 0 Å². The Balaban J connectivity index is 1.59. The molecule has 162 valence electrons. The number of hydrogen-bond donors (Lipinski definition) is 1. The number of fused-ring (bicyclic) bond motifs is 2. The van der Waals surface area contributed by atoms with Crippen LogP contribution in [0.25, 0.3) is 28.4 Å². The summed E-state index contributed by atoms with van der Waals surface area (Å²) in [6, 6.07) is 8.82. The number of rotatable bonds is 4. The first kappa shape index (κ1) is 20.3. The summed E-state index contributed by atoms with van der Waals surface area (Å²) in [4.78, 5) is 15.7. The van der Waals surface area contributed by atoms with Crippen LogP contribution in [-0.4, -0.2) is 43.2 Å². The van der Waals surface area contributed by atoms with Crippen LogP contribution in [0, 0.1) is 6.92 Å². The molecule has 0 bridgehead atoms. The van der Waals surface area contributed by atoms with Crippen LogP contribution in [0.2, 0.25) is 0 Å². The van der Waals surface area contributed by atoms with Gasteiger partial charge in [-0.15, -0.1) is 0 Å². The largest absolute Gasteiger partial charge is 0.383 e. The summed E-state index contributed by atoms with van der Waals surface area (Å²) in [6.45, 7) is 6.71. The first-order valence-corrected chi connectivity index (χ1v) is 10.9. The van der Waals surface area contributed by atoms with Crippen LogP contribution in [0.3, 0.4) is 0 Å². The summed E-state index contributed by atoms with van der Waals surface area (Å²) in [5.74, 6) is 0.429. The standard InChI is InChI=1S/C25H27N7/c1-4-5-18-11-21(12-27-16(18)2)23-22-24(26)28-15-29-25(22)32(30-23)13-17-6-7-20-14-31(3)9-8-19(20)10-17/h4-7,10-12,15H,8-9,13-14H2,1-3H3,(H2,26,28,29)/b5-4-. The number of likely N-dealkylation sites (N-methyl/N-ethyl adjacent to an activating group) is 1. The minimum atomic E-state index is 0.429. The lowest BCUT2D eigenvalue weighted by atomic mass is 9.97. The molecule has 2 N–H and O–H groups in total. The molecule has 0 spiro atoms. The predicted molar refractivity (Wildman–Crippen MR) is 128 cm³/mol. The van der Waals surface area contributed by atoms with Crippen molar-refractivity contribution in [2.75, 3.05) is 19.3 Å². The minimum absolute atomic E-state index is 0.429. The lowest BCUT2D eigenvalue weighted by Gasteiger charge is -2.25. The van der Waals surface area contributed by atoms with Gasteiger partial charge in [-0.2, -0.15) is 5.10 Å². The average Bonchev–Trinajstić information content (AvgIpc) is 3.15. The third-order valence-corrected chi connectivity index (χ3v) is 6.11. The van der Waals surface area contributed by atoms with Gasteiger partial charge in [0.2, 0.25) is 0 Å². The minimum Gasteiger partial charge on any atom is -0.383 e. The molecule has 1 aliphatic rings. The fraction of sp³-hybridized carbons (Fsp3) is 0.280. The van der Waals surface area contributed by atoms with Crippen molar-refractivity contribution in [1.29, 1.82) is 0 Å². The second-order valence-corrected chi connectivity index (χ2v) is 8.45. The van der Waals surface area contributed by atoms with Crippen molar-refractivity contribution in [3.63, 3.8) is 0 Å². The van der Waals surface area contributed by atoms with E-state index in [9.17, 15) is 0 Å². The van der Waals surface area contributed by atoms with Crippen molar-refractivity contribution < 1.29 is 0 Å². The Bertz CT molecular complexity index is 1340. The summed E-state index contributed by atoms with van der Waals surface area (Å²) in [5.41, 5.74) is 14.8. The fourth-order valence-corrected chi connectivity index (χ4v) is 4.39. The fourth-order valence-electron chi connectivity index (χ4n) is 4.39. The molecule has 0 atom stereocenters. The zero-order valence-corrected chi connectivity index (χ0v) is 18.7. The van der Waals surface area contributed by atoms with E-state index in [0.717, 1.165) is 53.1 Å². The number of allylic oxidation sites excluding steroid dienone is 1. The molecule has 0 saturated heterocycles. The van der Waals surface area contributed by atoms with Gasteiger partial charge < -0.3 is 10.6 Å². The van der Waals surface area contributed by atoms with E-state index in [2.05, 4.69) is 57.2 Å². The van der Waals surface area contributed by atoms with Gasteiger partial charge in [0.25, 0.3) is 0 Å². The van der Waals surface area contributed by atoms with Gasteiger partial charge in [0.15, 0.2) is 5.65 Å². The average molecular weight is 426 g/mol. The smallest absolute Gasteiger partial charge is 0.164 e. The van der Waals surface area contributed by atoms with Crippen molar-refractivity contribution in [2.45, 2.75) is 33.4 Å². The zero-order chi connectivity index (χ0) is 22.2. The second-order valence-electron chi connectivity index (χ2n) is 8.45. The summed E-state index contributed by atoms with van der Waals surface area (Å²) in [7, 11) is 2.17. The number of nitrogens with zero attached hydrogens (tertiary/aromatic N) is 6. The molecule has 0 fully saturated rings. The van der Waals surface area contributed by atoms with Crippen molar-refractivity contribution in [1.82, 2.24) is 29.6 Å². The van der Waals surface area contributed by atoms with Gasteiger partial charge in [-0.25, -0.2) is 14.6 Å². The maximum absolute atomic E-state index is 6.29. The molecule has 0 saturated carbocycles. The molecule has 0 aliphatic carbocycles. The lowest BCUT2D eigenvalue weighted by molar-refractivity contribution is 0.313. The second kappa shape index (κ2) is 8.16. The van der Waals surface area contributed by atoms with E-state index in [0.29, 0.717) is 12.4 Å². The highest BCUT2D eigenvalue weighted by Crippen LogP contribution is 2.31. The number of nitrogen functional groups attached to an aromatic ring is 1. The highest BCUT2D eigenvalue weighted by molar-refractivity contribution is 5.98. The number of anilines is 1. The molecule has 7 nitrogen and oxygen atoms in total. The van der Waals surface area contributed by atoms with E-state index in [4.69, 9.17) is 10.8 Å². The number of hydrogen-bond acceptors (Lipinski definition) is 6. The van der Waals surface area contributed by atoms with Crippen LogP contribution >= 0.6 is 0 Å². The maximum atomic E-state index is 6.29. The highest BCUT2D eigenvalue weighted by Gasteiger charge is 2.19. The van der Waals surface area contributed by atoms with Crippen molar-refractivity contribution >= 4 is 22.9 Å². The van der Waals surface area contributed by atoms with Gasteiger partial charge in [-0.1, -0.05) is 30.4 Å². The highest BCUT2D eigenvalue weighted by atomic mass is 15.3. The SMILES string of the molecule is C/C=C\c1cc(-c2nn(Cc3ccc4c(c3)CCN(C)C4)c3ncnc(N)c23)cnc1C. The zero-order valence-electron chi connectivity index (χ0n) is 18.7. The quantitative estimate of drug-likeness (QED) is 0.535. The summed E-state index contributed by atoms with van der Waals surface area (Å²) >= 11 is 0. The van der Waals surface area contributed by atoms with Crippen LogP contribution in [0.5, 0.6) is 0 Å². The first-order valence-electron chi connectivity index (χ1n) is 10.9. The van der Waals surface area contributed by atoms with E-state index in [1.54, 1.807) is 0 Å². The lowest BCUT2D eigenvalue weighted by Crippen LogP contribution is -2.26. The molecule has 32 heavy (non-hydrogen) atoms. The van der Waals surface area contributed by atoms with E-state index >= 15 is 0 Å². The molecule has 1 aromatic carbocycles. The van der Waals surface area contributed by atoms with E-state index in [1.165, 1.54) is 23.0 Å². The maximum Gasteiger partial charge on any atom is 0.164 e. The molecular weight excluding hydrogens is 398 g/mol. The van der Waals surface area contributed by atoms with Gasteiger partial charge in [0, 0.05) is 30.5 Å². The van der Waals surface area contributed by atoms with Crippen LogP contribution in [-0.2, 0) is 19.5 Å². The Morgan fingerprint density at radius 3 is 2.84 bits per heavy atom. The molecule has 7 heteroatoms. The van der Waals surface area contributed by atoms with Crippen LogP contribution in [0.1, 0.15) is 34.9 Å². The first-order chi connectivity index (χ1) is 15.5. The number of aryl methyl sites for hydroxylation is 1. The van der Waals surface area contributed by atoms with Gasteiger partial charge in [0.05, 0.1) is 11.9 Å². The Morgan fingerprint density at radius 2 is 2.00 bits per heavy atom. The molecule has 0 amide bonds. The van der Waals surface area contributed by atoms with Crippen molar-refractivity contribution in [3.05, 3.63) is 70.8 Å². The van der Waals surface area contributed by atoms with Gasteiger partial charge in [-0.05, 0) is 55.6 Å². The summed E-state index contributed by atoms with van der Waals surface area (Å²) in [6.07, 6.45) is 8.48. The predicted octanol–water partition coefficient (Wildman–Crippen LogP) is 3.85. The van der Waals surface area contributed by atoms with Gasteiger partial charge in [0.1, 0.15) is 17.8 Å². The Morgan fingerprint density at radius 1 is 1.12 bits per heavy atom. The topological polar surface area (TPSA) is 85.8 Å². The molecule has 3 aromatic heterocycles. The molecule has 0 unspecified atom stereocenters. The molecule has 5 rings (SSSR count). The third-order valence-electron chi connectivity index (χ3n) is 6.11. The summed E-state index contributed by atoms with van der Waals surface area (Å²) in [5, 5.41) is 5.70. The normalized spacial score (nSPS) is 14.3. The molecule has 0 radical (unpaired) electrons. The van der Waals surface area contributed by atoms with Crippen molar-refractivity contribution in [2.24, 2.45) is 0 Å². The molecule has 1 aliphatic heterocycles. The van der Waals surface area contributed by atoms with Crippen molar-refractivity contribution in [3.8, 4) is 11.3 Å². The Kier molecular flexibility index (Phi) is 5.19. The van der Waals surface area contributed by atoms with Crippen LogP contribution in [0.15, 0.2) is 42.9 Å². The van der Waals surface area contributed by atoms with E-state index in [1.807, 2.05) is 30.8 Å². The van der Waals surface area contributed by atoms with Gasteiger partial charge in [-0.3, -0.25) is 4.98 Å². The monoisotopic (exact) mass is 425 g/mol. The summed E-state index contributed by atoms with van der Waals surface area (Å²) < 4.78 is 1.93. The number of aromatic nitrogens is 5. The Hall–Kier alpha value is -3.58. The van der Waals surface area contributed by atoms with Crippen LogP contribution < -0.4 is 5.73 Å². The number of nitrogens with two attached hydrogens (primary N) is 1. The van der Waals surface area contributed by atoms with Gasteiger partial charge >= 0.3 is 0 Å². The molecule has 4 aromatic rings. The third kappa shape index (κ3) is 3.65. The van der Waals surface area contributed by atoms with Crippen LogP contribution in [0.4, 0.5) is 5.82 Å². The Labute approximate surface area is 187 Å². The van der Waals surface area contributed by atoms with E-state index in [-0.39, 0.29) is 0 Å². The number of benzene rings is 1.